The summed E-state index contributed by atoms with van der Waals surface area (Å²) in [5.74, 6) is -0.154. The van der Waals surface area contributed by atoms with Crippen molar-refractivity contribution in [2.24, 2.45) is 0 Å². The highest BCUT2D eigenvalue weighted by molar-refractivity contribution is 6.41. The van der Waals surface area contributed by atoms with E-state index in [-0.39, 0.29) is 16.0 Å². The summed E-state index contributed by atoms with van der Waals surface area (Å²) in [7, 11) is 0. The summed E-state index contributed by atoms with van der Waals surface area (Å²) in [5, 5.41) is 6.88. The predicted molar refractivity (Wildman–Crippen MR) is 98.6 cm³/mol. The topological polar surface area (TPSA) is 77.7 Å². The van der Waals surface area contributed by atoms with E-state index < -0.39 is 5.56 Å². The van der Waals surface area contributed by atoms with Crippen LogP contribution in [-0.4, -0.2) is 55.1 Å². The zero-order chi connectivity index (χ0) is 18.5. The van der Waals surface area contributed by atoms with Crippen molar-refractivity contribution >= 4 is 29.1 Å². The summed E-state index contributed by atoms with van der Waals surface area (Å²) >= 11 is 11.6. The maximum atomic E-state index is 12.2. The summed E-state index contributed by atoms with van der Waals surface area (Å²) in [4.78, 5) is 25.8. The molecular formula is C17H19Cl2N4O3+. The van der Waals surface area contributed by atoms with E-state index in [1.165, 1.54) is 11.1 Å². The van der Waals surface area contributed by atoms with Crippen LogP contribution in [0, 0.1) is 0 Å². The van der Waals surface area contributed by atoms with Crippen molar-refractivity contribution in [2.75, 3.05) is 39.4 Å². The third kappa shape index (κ3) is 4.42. The number of hydrogen-bond donors (Lipinski definition) is 2. The molecule has 1 aromatic heterocycles. The lowest BCUT2D eigenvalue weighted by molar-refractivity contribution is -0.906. The van der Waals surface area contributed by atoms with E-state index in [1.54, 1.807) is 24.3 Å². The van der Waals surface area contributed by atoms with E-state index in [1.807, 2.05) is 0 Å². The minimum absolute atomic E-state index is 0.0888. The molecule has 0 bridgehead atoms. The molecule has 1 aromatic carbocycles. The van der Waals surface area contributed by atoms with Gasteiger partial charge >= 0.3 is 0 Å². The Labute approximate surface area is 160 Å². The van der Waals surface area contributed by atoms with E-state index in [0.29, 0.717) is 17.8 Å². The molecule has 2 N–H and O–H groups in total. The Morgan fingerprint density at radius 3 is 2.62 bits per heavy atom. The zero-order valence-corrected chi connectivity index (χ0v) is 15.5. The van der Waals surface area contributed by atoms with Gasteiger partial charge in [-0.05, 0) is 24.3 Å². The number of quaternary nitrogens is 1. The van der Waals surface area contributed by atoms with Crippen LogP contribution in [0.2, 0.25) is 10.0 Å². The Kier molecular flexibility index (Phi) is 6.26. The van der Waals surface area contributed by atoms with Crippen molar-refractivity contribution in [1.82, 2.24) is 15.1 Å². The summed E-state index contributed by atoms with van der Waals surface area (Å²) in [6.45, 7) is 4.95. The molecule has 3 rings (SSSR count). The number of amides is 1. The molecule has 0 radical (unpaired) electrons. The highest BCUT2D eigenvalue weighted by Crippen LogP contribution is 2.16. The van der Waals surface area contributed by atoms with Gasteiger partial charge in [-0.1, -0.05) is 23.2 Å². The maximum absolute atomic E-state index is 12.2. The van der Waals surface area contributed by atoms with Crippen LogP contribution in [0.25, 0.3) is 5.69 Å². The van der Waals surface area contributed by atoms with E-state index >= 15 is 0 Å². The Morgan fingerprint density at radius 1 is 1.23 bits per heavy atom. The number of aromatic nitrogens is 2. The van der Waals surface area contributed by atoms with Crippen LogP contribution in [0.15, 0.2) is 35.3 Å². The SMILES string of the molecule is O=C(NCC[NH+]1CCOCC1)c1ccc(-n2ncc(Cl)c(Cl)c2=O)cc1. The van der Waals surface area contributed by atoms with E-state index in [0.717, 1.165) is 37.5 Å². The second kappa shape index (κ2) is 8.64. The summed E-state index contributed by atoms with van der Waals surface area (Å²) in [6.07, 6.45) is 1.31. The quantitative estimate of drug-likeness (QED) is 0.754. The lowest BCUT2D eigenvalue weighted by Gasteiger charge is -2.23. The fourth-order valence-electron chi connectivity index (χ4n) is 2.72. The summed E-state index contributed by atoms with van der Waals surface area (Å²) in [5.41, 5.74) is 0.506. The molecule has 1 saturated heterocycles. The van der Waals surface area contributed by atoms with Crippen LogP contribution in [-0.2, 0) is 4.74 Å². The Hall–Kier alpha value is -1.93. The van der Waals surface area contributed by atoms with Crippen molar-refractivity contribution in [3.8, 4) is 5.69 Å². The highest BCUT2D eigenvalue weighted by atomic mass is 35.5. The first-order valence-electron chi connectivity index (χ1n) is 8.29. The molecule has 1 aliphatic rings. The number of carbonyl (C=O) groups is 1. The van der Waals surface area contributed by atoms with Crippen LogP contribution >= 0.6 is 23.2 Å². The molecule has 1 fully saturated rings. The van der Waals surface area contributed by atoms with Crippen molar-refractivity contribution in [3.63, 3.8) is 0 Å². The average Bonchev–Trinajstić information content (AvgIpc) is 2.67. The maximum Gasteiger partial charge on any atom is 0.291 e. The fourth-order valence-corrected chi connectivity index (χ4v) is 2.97. The number of halogens is 2. The average molecular weight is 398 g/mol. The molecule has 1 amide bonds. The van der Waals surface area contributed by atoms with E-state index in [9.17, 15) is 9.59 Å². The lowest BCUT2D eigenvalue weighted by atomic mass is 10.2. The summed E-state index contributed by atoms with van der Waals surface area (Å²) in [6, 6.07) is 6.56. The predicted octanol–water partition coefficient (Wildman–Crippen LogP) is 0.184. The Morgan fingerprint density at radius 2 is 1.92 bits per heavy atom. The fraction of sp³-hybridized carbons (Fsp3) is 0.353. The lowest BCUT2D eigenvalue weighted by Crippen LogP contribution is -3.14. The first-order chi connectivity index (χ1) is 12.6. The molecule has 7 nitrogen and oxygen atoms in total. The number of benzene rings is 1. The standard InChI is InChI=1S/C17H18Cl2N4O3/c18-14-11-21-23(17(25)15(14)19)13-3-1-12(2-4-13)16(24)20-5-6-22-7-9-26-10-8-22/h1-4,11H,5-10H2,(H,20,24)/p+1. The molecule has 0 aliphatic carbocycles. The molecule has 9 heteroatoms. The molecule has 0 unspecified atom stereocenters. The highest BCUT2D eigenvalue weighted by Gasteiger charge is 2.14. The Bertz CT molecular complexity index is 833. The van der Waals surface area contributed by atoms with Crippen LogP contribution in [0.1, 0.15) is 10.4 Å². The number of nitrogens with zero attached hydrogens (tertiary/aromatic N) is 2. The monoisotopic (exact) mass is 397 g/mol. The van der Waals surface area contributed by atoms with Crippen molar-refractivity contribution in [3.05, 3.63) is 56.4 Å². The van der Waals surface area contributed by atoms with Gasteiger partial charge in [-0.25, -0.2) is 0 Å². The van der Waals surface area contributed by atoms with Crippen LogP contribution < -0.4 is 15.8 Å². The molecule has 1 aliphatic heterocycles. The van der Waals surface area contributed by atoms with Gasteiger partial charge in [-0.3, -0.25) is 9.59 Å². The molecule has 0 spiro atoms. The number of hydrogen-bond acceptors (Lipinski definition) is 4. The number of rotatable bonds is 5. The third-order valence-corrected chi connectivity index (χ3v) is 4.96. The van der Waals surface area contributed by atoms with Gasteiger partial charge < -0.3 is 15.0 Å². The van der Waals surface area contributed by atoms with Crippen LogP contribution in [0.5, 0.6) is 0 Å². The van der Waals surface area contributed by atoms with E-state index in [4.69, 9.17) is 27.9 Å². The molecule has 0 saturated carbocycles. The Balaban J connectivity index is 1.61. The van der Waals surface area contributed by atoms with Crippen LogP contribution in [0.4, 0.5) is 0 Å². The smallest absolute Gasteiger partial charge is 0.291 e. The second-order valence-electron chi connectivity index (χ2n) is 5.94. The number of nitrogens with one attached hydrogen (secondary N) is 2. The van der Waals surface area contributed by atoms with Gasteiger partial charge in [-0.15, -0.1) is 0 Å². The van der Waals surface area contributed by atoms with Crippen molar-refractivity contribution < 1.29 is 14.4 Å². The van der Waals surface area contributed by atoms with Gasteiger partial charge in [0, 0.05) is 5.56 Å². The van der Waals surface area contributed by atoms with Crippen LogP contribution in [0.3, 0.4) is 0 Å². The normalized spacial score (nSPS) is 15.0. The third-order valence-electron chi connectivity index (χ3n) is 4.21. The van der Waals surface area contributed by atoms with Gasteiger partial charge in [-0.2, -0.15) is 9.78 Å². The first kappa shape index (κ1) is 18.8. The molecular weight excluding hydrogens is 379 g/mol. The van der Waals surface area contributed by atoms with Gasteiger partial charge in [0.2, 0.25) is 0 Å². The second-order valence-corrected chi connectivity index (χ2v) is 6.72. The molecule has 0 atom stereocenters. The number of carbonyl (C=O) groups excluding carboxylic acids is 1. The number of morpholine rings is 1. The van der Waals surface area contributed by atoms with Crippen molar-refractivity contribution in [2.45, 2.75) is 0 Å². The minimum atomic E-state index is -0.509. The van der Waals surface area contributed by atoms with Gasteiger partial charge in [0.1, 0.15) is 18.1 Å². The minimum Gasteiger partial charge on any atom is -0.370 e. The number of ether oxygens (including phenoxy) is 1. The first-order valence-corrected chi connectivity index (χ1v) is 9.05. The van der Waals surface area contributed by atoms with E-state index in [2.05, 4.69) is 10.4 Å². The summed E-state index contributed by atoms with van der Waals surface area (Å²) < 4.78 is 6.45. The molecule has 26 heavy (non-hydrogen) atoms. The molecule has 138 valence electrons. The zero-order valence-electron chi connectivity index (χ0n) is 14.0. The van der Waals surface area contributed by atoms with Gasteiger partial charge in [0.05, 0.1) is 43.2 Å². The molecule has 2 heterocycles. The molecule has 2 aromatic rings. The van der Waals surface area contributed by atoms with Crippen molar-refractivity contribution in [1.29, 1.82) is 0 Å². The van der Waals surface area contributed by atoms with Gasteiger partial charge in [0.15, 0.2) is 0 Å². The van der Waals surface area contributed by atoms with Gasteiger partial charge in [0.25, 0.3) is 11.5 Å². The largest absolute Gasteiger partial charge is 0.370 e.